The molecule has 1 saturated heterocycles. The van der Waals surface area contributed by atoms with Crippen LogP contribution in [0.5, 0.6) is 0 Å². The van der Waals surface area contributed by atoms with Gasteiger partial charge in [-0.2, -0.15) is 0 Å². The molecular weight excluding hydrogens is 376 g/mol. The average Bonchev–Trinajstić information content (AvgIpc) is 2.78. The Kier molecular flexibility index (Phi) is 7.50. The van der Waals surface area contributed by atoms with Crippen LogP contribution < -0.4 is 4.90 Å². The van der Waals surface area contributed by atoms with Crippen molar-refractivity contribution in [3.05, 3.63) is 65.2 Å². The van der Waals surface area contributed by atoms with Crippen molar-refractivity contribution in [3.8, 4) is 0 Å². The number of aromatic carboxylic acids is 1. The van der Waals surface area contributed by atoms with E-state index in [2.05, 4.69) is 36.1 Å². The Morgan fingerprint density at radius 1 is 1.03 bits per heavy atom. The van der Waals surface area contributed by atoms with E-state index < -0.39 is 5.97 Å². The minimum atomic E-state index is -0.956. The van der Waals surface area contributed by atoms with Gasteiger partial charge < -0.3 is 14.9 Å². The monoisotopic (exact) mass is 408 g/mol. The fourth-order valence-corrected chi connectivity index (χ4v) is 4.26. The van der Waals surface area contributed by atoms with Crippen molar-refractivity contribution in [1.82, 2.24) is 4.90 Å². The molecular formula is C25H32N2O3. The van der Waals surface area contributed by atoms with Gasteiger partial charge in [-0.05, 0) is 55.0 Å². The largest absolute Gasteiger partial charge is 0.478 e. The molecule has 0 radical (unpaired) electrons. The lowest BCUT2D eigenvalue weighted by atomic mass is 9.96. The average molecular weight is 409 g/mol. The zero-order chi connectivity index (χ0) is 21.5. The van der Waals surface area contributed by atoms with Gasteiger partial charge in [-0.25, -0.2) is 4.79 Å². The second-order valence-corrected chi connectivity index (χ2v) is 8.09. The quantitative estimate of drug-likeness (QED) is 0.674. The van der Waals surface area contributed by atoms with Gasteiger partial charge in [0.05, 0.1) is 18.0 Å². The first-order valence-electron chi connectivity index (χ1n) is 10.9. The molecule has 3 rings (SSSR count). The van der Waals surface area contributed by atoms with E-state index in [-0.39, 0.29) is 23.9 Å². The summed E-state index contributed by atoms with van der Waals surface area (Å²) in [5.41, 5.74) is 3.54. The number of likely N-dealkylation sites (N-methyl/N-ethyl adjacent to an activating group) is 1. The number of piperidine rings is 1. The van der Waals surface area contributed by atoms with Crippen molar-refractivity contribution in [2.75, 3.05) is 25.0 Å². The Morgan fingerprint density at radius 3 is 2.33 bits per heavy atom. The summed E-state index contributed by atoms with van der Waals surface area (Å²) in [7, 11) is 1.89. The van der Waals surface area contributed by atoms with E-state index in [9.17, 15) is 9.59 Å². The molecule has 2 aromatic rings. The number of amides is 1. The molecule has 30 heavy (non-hydrogen) atoms. The van der Waals surface area contributed by atoms with Crippen molar-refractivity contribution < 1.29 is 14.7 Å². The lowest BCUT2D eigenvalue weighted by Crippen LogP contribution is -2.35. The van der Waals surface area contributed by atoms with E-state index in [0.29, 0.717) is 0 Å². The zero-order valence-corrected chi connectivity index (χ0v) is 18.0. The summed E-state index contributed by atoms with van der Waals surface area (Å²) in [6, 6.07) is 15.1. The van der Waals surface area contributed by atoms with Crippen molar-refractivity contribution >= 4 is 17.6 Å². The highest BCUT2D eigenvalue weighted by Gasteiger charge is 2.25. The molecule has 0 aliphatic carbocycles. The number of carboxylic acid groups (broad SMARTS) is 1. The number of carbonyl (C=O) groups is 2. The maximum Gasteiger partial charge on any atom is 0.335 e. The molecule has 1 atom stereocenters. The molecule has 1 amide bonds. The summed E-state index contributed by atoms with van der Waals surface area (Å²) >= 11 is 0. The smallest absolute Gasteiger partial charge is 0.335 e. The SMILES string of the molecule is CCCC(c1ccccc1N1CCCCC1)N(C)C(=O)Cc1ccc(C(=O)O)cc1. The summed E-state index contributed by atoms with van der Waals surface area (Å²) < 4.78 is 0. The molecule has 160 valence electrons. The van der Waals surface area contributed by atoms with Crippen LogP contribution in [-0.2, 0) is 11.2 Å². The second kappa shape index (κ2) is 10.3. The first-order valence-corrected chi connectivity index (χ1v) is 10.9. The highest BCUT2D eigenvalue weighted by atomic mass is 16.4. The lowest BCUT2D eigenvalue weighted by molar-refractivity contribution is -0.131. The molecule has 1 N–H and O–H groups in total. The third-order valence-electron chi connectivity index (χ3n) is 5.97. The van der Waals surface area contributed by atoms with Crippen LogP contribution in [0.2, 0.25) is 0 Å². The van der Waals surface area contributed by atoms with E-state index in [1.807, 2.05) is 11.9 Å². The minimum absolute atomic E-state index is 0.0268. The van der Waals surface area contributed by atoms with Gasteiger partial charge in [-0.3, -0.25) is 4.79 Å². The molecule has 5 heteroatoms. The number of hydrogen-bond donors (Lipinski definition) is 1. The fraction of sp³-hybridized carbons (Fsp3) is 0.440. The molecule has 1 unspecified atom stereocenters. The van der Waals surface area contributed by atoms with Gasteiger partial charge in [-0.1, -0.05) is 43.7 Å². The molecule has 1 aliphatic heterocycles. The van der Waals surface area contributed by atoms with E-state index in [4.69, 9.17) is 5.11 Å². The second-order valence-electron chi connectivity index (χ2n) is 8.09. The minimum Gasteiger partial charge on any atom is -0.478 e. The van der Waals surface area contributed by atoms with Crippen LogP contribution >= 0.6 is 0 Å². The Balaban J connectivity index is 1.80. The molecule has 1 aliphatic rings. The highest BCUT2D eigenvalue weighted by Crippen LogP contribution is 2.34. The number of rotatable bonds is 8. The summed E-state index contributed by atoms with van der Waals surface area (Å²) in [4.78, 5) is 28.5. The normalized spacial score (nSPS) is 14.9. The number of anilines is 1. The van der Waals surface area contributed by atoms with Gasteiger partial charge >= 0.3 is 5.97 Å². The van der Waals surface area contributed by atoms with Crippen molar-refractivity contribution in [3.63, 3.8) is 0 Å². The van der Waals surface area contributed by atoms with Crippen LogP contribution in [0.25, 0.3) is 0 Å². The summed E-state index contributed by atoms with van der Waals surface area (Å²) in [5, 5.41) is 9.06. The number of hydrogen-bond acceptors (Lipinski definition) is 3. The predicted molar refractivity (Wildman–Crippen MR) is 120 cm³/mol. The van der Waals surface area contributed by atoms with Gasteiger partial charge in [0.15, 0.2) is 0 Å². The zero-order valence-electron chi connectivity index (χ0n) is 18.0. The third-order valence-corrected chi connectivity index (χ3v) is 5.97. The summed E-state index contributed by atoms with van der Waals surface area (Å²) in [5.74, 6) is -0.910. The van der Waals surface area contributed by atoms with Gasteiger partial charge in [0.25, 0.3) is 0 Å². The molecule has 2 aromatic carbocycles. The standard InChI is InChI=1S/C25H32N2O3/c1-3-9-22(21-10-5-6-11-23(21)27-16-7-4-8-17-27)26(2)24(28)18-19-12-14-20(15-13-19)25(29)30/h5-6,10-15,22H,3-4,7-9,16-18H2,1-2H3,(H,29,30). The van der Waals surface area contributed by atoms with Crippen LogP contribution in [0.4, 0.5) is 5.69 Å². The fourth-order valence-electron chi connectivity index (χ4n) is 4.26. The van der Waals surface area contributed by atoms with Crippen LogP contribution in [-0.4, -0.2) is 42.0 Å². The number of carbonyl (C=O) groups excluding carboxylic acids is 1. The van der Waals surface area contributed by atoms with Crippen molar-refractivity contribution in [2.45, 2.75) is 51.5 Å². The summed E-state index contributed by atoms with van der Waals surface area (Å²) in [6.07, 6.45) is 5.88. The van der Waals surface area contributed by atoms with Crippen molar-refractivity contribution in [2.24, 2.45) is 0 Å². The Labute approximate surface area is 179 Å². The molecule has 1 heterocycles. The first-order chi connectivity index (χ1) is 14.5. The third kappa shape index (κ3) is 5.21. The maximum absolute atomic E-state index is 13.1. The van der Waals surface area contributed by atoms with Gasteiger partial charge in [0, 0.05) is 25.8 Å². The van der Waals surface area contributed by atoms with Gasteiger partial charge in [0.1, 0.15) is 0 Å². The first kappa shape index (κ1) is 21.9. The molecule has 1 fully saturated rings. The van der Waals surface area contributed by atoms with E-state index in [0.717, 1.165) is 31.5 Å². The molecule has 5 nitrogen and oxygen atoms in total. The molecule has 0 spiro atoms. The number of carboxylic acids is 1. The Hall–Kier alpha value is -2.82. The molecule has 0 saturated carbocycles. The van der Waals surface area contributed by atoms with E-state index in [1.165, 1.54) is 30.5 Å². The maximum atomic E-state index is 13.1. The topological polar surface area (TPSA) is 60.9 Å². The summed E-state index contributed by atoms with van der Waals surface area (Å²) in [6.45, 7) is 4.30. The van der Waals surface area contributed by atoms with E-state index in [1.54, 1.807) is 24.3 Å². The number of benzene rings is 2. The van der Waals surface area contributed by atoms with Crippen molar-refractivity contribution in [1.29, 1.82) is 0 Å². The number of para-hydroxylation sites is 1. The predicted octanol–water partition coefficient (Wildman–Crippen LogP) is 4.92. The van der Waals surface area contributed by atoms with E-state index >= 15 is 0 Å². The number of nitrogens with zero attached hydrogens (tertiary/aromatic N) is 2. The Morgan fingerprint density at radius 2 is 1.70 bits per heavy atom. The Bertz CT molecular complexity index is 857. The van der Waals surface area contributed by atoms with Gasteiger partial charge in [-0.15, -0.1) is 0 Å². The molecule has 0 aromatic heterocycles. The van der Waals surface area contributed by atoms with Gasteiger partial charge in [0.2, 0.25) is 5.91 Å². The van der Waals surface area contributed by atoms with Crippen LogP contribution in [0.15, 0.2) is 48.5 Å². The van der Waals surface area contributed by atoms with Crippen LogP contribution in [0.3, 0.4) is 0 Å². The molecule has 0 bridgehead atoms. The van der Waals surface area contributed by atoms with Crippen LogP contribution in [0.1, 0.15) is 66.6 Å². The highest BCUT2D eigenvalue weighted by molar-refractivity contribution is 5.87. The lowest BCUT2D eigenvalue weighted by Gasteiger charge is -2.35. The van der Waals surface area contributed by atoms with Crippen LogP contribution in [0, 0.1) is 0 Å².